The van der Waals surface area contributed by atoms with Crippen LogP contribution in [0.25, 0.3) is 32.8 Å². The fourth-order valence-electron chi connectivity index (χ4n) is 5.69. The lowest BCUT2D eigenvalue weighted by Crippen LogP contribution is -2.43. The highest BCUT2D eigenvalue weighted by Crippen LogP contribution is 2.41. The predicted molar refractivity (Wildman–Crippen MR) is 153 cm³/mol. The van der Waals surface area contributed by atoms with Gasteiger partial charge in [0.15, 0.2) is 6.79 Å². The summed E-state index contributed by atoms with van der Waals surface area (Å²) in [5, 5.41) is 3.25. The topological polar surface area (TPSA) is 44.2 Å². The van der Waals surface area contributed by atoms with Gasteiger partial charge in [0, 0.05) is 29.6 Å². The van der Waals surface area contributed by atoms with E-state index in [1.165, 1.54) is 0 Å². The Hall–Kier alpha value is -3.20. The summed E-state index contributed by atoms with van der Waals surface area (Å²) in [5.41, 5.74) is 9.77. The van der Waals surface area contributed by atoms with E-state index in [0.29, 0.717) is 16.6 Å². The zero-order chi connectivity index (χ0) is 25.9. The van der Waals surface area contributed by atoms with Crippen molar-refractivity contribution in [2.24, 2.45) is 0 Å². The Labute approximate surface area is 216 Å². The number of ether oxygens (including phenoxy) is 2. The largest absolute Gasteiger partial charge is 0.468 e. The first kappa shape index (κ1) is 25.9. The summed E-state index contributed by atoms with van der Waals surface area (Å²) in [6.45, 7) is 14.3. The quantitative estimate of drug-likeness (QED) is 0.148. The van der Waals surface area contributed by atoms with E-state index >= 15 is 0 Å². The highest BCUT2D eigenvalue weighted by atomic mass is 28.3. The zero-order valence-electron chi connectivity index (χ0n) is 22.4. The van der Waals surface area contributed by atoms with Crippen molar-refractivity contribution in [1.29, 1.82) is 0 Å². The van der Waals surface area contributed by atoms with Crippen LogP contribution in [0.3, 0.4) is 0 Å². The maximum atomic E-state index is 5.88. The number of fused-ring (bicyclic) bond motifs is 2. The molecule has 4 nitrogen and oxygen atoms in total. The van der Waals surface area contributed by atoms with Crippen LogP contribution < -0.4 is 4.74 Å². The second-order valence-electron chi connectivity index (χ2n) is 10.4. The fraction of sp³-hybridized carbons (Fsp3) is 0.355. The van der Waals surface area contributed by atoms with Gasteiger partial charge in [0.25, 0.3) is 0 Å². The van der Waals surface area contributed by atoms with E-state index in [1.807, 2.05) is 6.20 Å². The summed E-state index contributed by atoms with van der Waals surface area (Å²) >= 11 is 0. The molecule has 0 fully saturated rings. The van der Waals surface area contributed by atoms with Crippen molar-refractivity contribution in [1.82, 2.24) is 9.97 Å². The average Bonchev–Trinajstić information content (AvgIpc) is 2.86. The van der Waals surface area contributed by atoms with Crippen molar-refractivity contribution in [2.45, 2.75) is 58.2 Å². The van der Waals surface area contributed by atoms with Crippen molar-refractivity contribution in [3.05, 3.63) is 66.6 Å². The Morgan fingerprint density at radius 3 is 2.33 bits per heavy atom. The first-order valence-electron chi connectivity index (χ1n) is 12.7. The number of nitrogens with zero attached hydrogens (tertiary/aromatic N) is 2. The molecule has 0 radical (unpaired) electrons. The third kappa shape index (κ3) is 4.89. The molecule has 0 spiro atoms. The van der Waals surface area contributed by atoms with Gasteiger partial charge >= 0.3 is 0 Å². The van der Waals surface area contributed by atoms with Gasteiger partial charge in [-0.25, -0.2) is 9.97 Å². The Bertz CT molecular complexity index is 1410. The van der Waals surface area contributed by atoms with Crippen LogP contribution in [0.5, 0.6) is 5.75 Å². The minimum Gasteiger partial charge on any atom is -0.468 e. The molecule has 186 valence electrons. The molecule has 3 aromatic carbocycles. The van der Waals surface area contributed by atoms with Crippen LogP contribution >= 0.6 is 0 Å². The minimum atomic E-state index is -1.88. The second-order valence-corrected chi connectivity index (χ2v) is 15.9. The molecule has 0 unspecified atom stereocenters. The van der Waals surface area contributed by atoms with E-state index in [9.17, 15) is 0 Å². The van der Waals surface area contributed by atoms with Gasteiger partial charge in [-0.1, -0.05) is 71.7 Å². The van der Waals surface area contributed by atoms with E-state index in [1.54, 1.807) is 13.4 Å². The third-order valence-electron chi connectivity index (χ3n) is 7.39. The number of methoxy groups -OCH3 is 1. The van der Waals surface area contributed by atoms with Gasteiger partial charge in [0.2, 0.25) is 0 Å². The van der Waals surface area contributed by atoms with Crippen LogP contribution in [-0.2, 0) is 4.74 Å². The summed E-state index contributed by atoms with van der Waals surface area (Å²) in [6.07, 6.45) is 3.43. The molecule has 5 heteroatoms. The molecule has 0 aliphatic heterocycles. The highest BCUT2D eigenvalue weighted by molar-refractivity contribution is 6.90. The lowest BCUT2D eigenvalue weighted by Gasteiger charge is -2.38. The highest BCUT2D eigenvalue weighted by Gasteiger charge is 2.41. The molecular weight excluding hydrogens is 460 g/mol. The van der Waals surface area contributed by atoms with Crippen LogP contribution in [0, 0.1) is 11.5 Å². The number of hydrogen-bond acceptors (Lipinski definition) is 4. The van der Waals surface area contributed by atoms with Crippen LogP contribution in [-0.4, -0.2) is 31.9 Å². The van der Waals surface area contributed by atoms with Gasteiger partial charge in [0.05, 0.1) is 5.52 Å². The van der Waals surface area contributed by atoms with E-state index in [-0.39, 0.29) is 6.79 Å². The van der Waals surface area contributed by atoms with E-state index < -0.39 is 8.07 Å². The van der Waals surface area contributed by atoms with Gasteiger partial charge in [-0.3, -0.25) is 0 Å². The molecular formula is C31H36N2O2Si. The molecule has 0 aliphatic carbocycles. The van der Waals surface area contributed by atoms with Gasteiger partial charge in [-0.2, -0.15) is 0 Å². The maximum absolute atomic E-state index is 5.88. The Morgan fingerprint density at radius 2 is 1.64 bits per heavy atom. The summed E-state index contributed by atoms with van der Waals surface area (Å²) in [4.78, 5) is 8.64. The van der Waals surface area contributed by atoms with Crippen molar-refractivity contribution in [2.75, 3.05) is 13.9 Å². The van der Waals surface area contributed by atoms with Crippen molar-refractivity contribution in [3.63, 3.8) is 0 Å². The van der Waals surface area contributed by atoms with Crippen LogP contribution in [0.1, 0.15) is 47.1 Å². The first-order chi connectivity index (χ1) is 17.3. The summed E-state index contributed by atoms with van der Waals surface area (Å²) < 4.78 is 11.1. The van der Waals surface area contributed by atoms with E-state index in [0.717, 1.165) is 44.1 Å². The first-order valence-corrected chi connectivity index (χ1v) is 14.9. The lowest BCUT2D eigenvalue weighted by molar-refractivity contribution is 0.0512. The molecule has 4 rings (SSSR count). The SMILES string of the molecule is COCOc1cc(-c2ccc3cncnc3c2)c2c(C#C[Si](C(C)C)(C(C)C)C(C)C)cccc2c1. The van der Waals surface area contributed by atoms with Gasteiger partial charge in [0.1, 0.15) is 20.2 Å². The van der Waals surface area contributed by atoms with Crippen molar-refractivity contribution in [3.8, 4) is 28.3 Å². The van der Waals surface area contributed by atoms with Gasteiger partial charge in [-0.05, 0) is 57.4 Å². The smallest absolute Gasteiger partial charge is 0.188 e. The number of hydrogen-bond donors (Lipinski definition) is 0. The molecule has 4 aromatic rings. The Balaban J connectivity index is 1.98. The molecule has 0 bridgehead atoms. The maximum Gasteiger partial charge on any atom is 0.188 e. The van der Waals surface area contributed by atoms with Crippen molar-refractivity contribution < 1.29 is 9.47 Å². The minimum absolute atomic E-state index is 0.195. The molecule has 0 N–H and O–H groups in total. The molecule has 1 heterocycles. The number of aromatic nitrogens is 2. The molecule has 0 atom stereocenters. The summed E-state index contributed by atoms with van der Waals surface area (Å²) in [6, 6.07) is 16.8. The Kier molecular flexibility index (Phi) is 7.78. The predicted octanol–water partition coefficient (Wildman–Crippen LogP) is 8.00. The molecule has 0 saturated heterocycles. The third-order valence-corrected chi connectivity index (χ3v) is 13.7. The normalized spacial score (nSPS) is 11.9. The summed E-state index contributed by atoms with van der Waals surface area (Å²) in [5.74, 6) is 4.47. The molecule has 0 amide bonds. The number of benzene rings is 3. The second kappa shape index (κ2) is 10.8. The monoisotopic (exact) mass is 496 g/mol. The Morgan fingerprint density at radius 1 is 0.889 bits per heavy atom. The van der Waals surface area contributed by atoms with Crippen molar-refractivity contribution >= 4 is 29.7 Å². The average molecular weight is 497 g/mol. The number of rotatable bonds is 7. The summed E-state index contributed by atoms with van der Waals surface area (Å²) in [7, 11) is -0.246. The fourth-order valence-corrected chi connectivity index (χ4v) is 10.9. The van der Waals surface area contributed by atoms with Gasteiger partial charge in [-0.15, -0.1) is 5.54 Å². The van der Waals surface area contributed by atoms with Crippen LogP contribution in [0.2, 0.25) is 16.6 Å². The van der Waals surface area contributed by atoms with Gasteiger partial charge < -0.3 is 9.47 Å². The lowest BCUT2D eigenvalue weighted by atomic mass is 9.94. The molecule has 1 aromatic heterocycles. The standard InChI is InChI=1S/C31H36N2O2Si/c1-21(2)36(22(3)4,23(5)6)14-13-24-9-8-10-26-15-28(35-20-34-7)17-29(31(24)26)25-11-12-27-18-32-19-33-30(27)16-25/h8-12,15-19,21-23H,20H2,1-7H3. The van der Waals surface area contributed by atoms with Crippen LogP contribution in [0.4, 0.5) is 0 Å². The van der Waals surface area contributed by atoms with E-state index in [2.05, 4.69) is 112 Å². The van der Waals surface area contributed by atoms with E-state index in [4.69, 9.17) is 9.47 Å². The molecule has 0 aliphatic rings. The van der Waals surface area contributed by atoms with Crippen LogP contribution in [0.15, 0.2) is 61.1 Å². The molecule has 36 heavy (non-hydrogen) atoms. The zero-order valence-corrected chi connectivity index (χ0v) is 23.4. The molecule has 0 saturated carbocycles.